The van der Waals surface area contributed by atoms with Crippen LogP contribution in [0.5, 0.6) is 0 Å². The van der Waals surface area contributed by atoms with E-state index in [1.54, 1.807) is 12.3 Å². The maximum Gasteiger partial charge on any atom is 0.270 e. The van der Waals surface area contributed by atoms with Crippen molar-refractivity contribution in [2.75, 3.05) is 18.0 Å². The van der Waals surface area contributed by atoms with Gasteiger partial charge < -0.3 is 10.2 Å². The van der Waals surface area contributed by atoms with Crippen molar-refractivity contribution in [1.29, 1.82) is 0 Å². The lowest BCUT2D eigenvalue weighted by molar-refractivity contribution is 0.0948. The average Bonchev–Trinajstić information content (AvgIpc) is 2.64. The number of anilines is 1. The SMILES string of the molecule is CCCCCNC(=O)c1ccnc(N(CC)Cc2ccccc2)n1. The van der Waals surface area contributed by atoms with Crippen molar-refractivity contribution < 1.29 is 4.79 Å². The van der Waals surface area contributed by atoms with Gasteiger partial charge >= 0.3 is 0 Å². The molecule has 0 atom stereocenters. The summed E-state index contributed by atoms with van der Waals surface area (Å²) in [7, 11) is 0. The van der Waals surface area contributed by atoms with Crippen LogP contribution in [0.1, 0.15) is 49.2 Å². The molecule has 0 fully saturated rings. The van der Waals surface area contributed by atoms with Gasteiger partial charge in [-0.05, 0) is 25.0 Å². The summed E-state index contributed by atoms with van der Waals surface area (Å²) in [6, 6.07) is 11.9. The van der Waals surface area contributed by atoms with Crippen LogP contribution in [0, 0.1) is 0 Å². The minimum absolute atomic E-state index is 0.134. The number of aromatic nitrogens is 2. The topological polar surface area (TPSA) is 58.1 Å². The van der Waals surface area contributed by atoms with Gasteiger partial charge in [0.15, 0.2) is 0 Å². The predicted octanol–water partition coefficient (Wildman–Crippen LogP) is 3.42. The van der Waals surface area contributed by atoms with Crippen LogP contribution in [-0.2, 0) is 6.54 Å². The molecule has 1 aromatic carbocycles. The van der Waals surface area contributed by atoms with Gasteiger partial charge in [-0.1, -0.05) is 50.1 Å². The summed E-state index contributed by atoms with van der Waals surface area (Å²) < 4.78 is 0. The van der Waals surface area contributed by atoms with Crippen molar-refractivity contribution in [2.45, 2.75) is 39.7 Å². The van der Waals surface area contributed by atoms with E-state index in [0.717, 1.165) is 32.4 Å². The zero-order valence-electron chi connectivity index (χ0n) is 14.5. The Labute approximate surface area is 144 Å². The third kappa shape index (κ3) is 5.33. The number of benzene rings is 1. The van der Waals surface area contributed by atoms with Crippen LogP contribution in [-0.4, -0.2) is 29.0 Å². The predicted molar refractivity (Wildman–Crippen MR) is 97.1 cm³/mol. The Morgan fingerprint density at radius 2 is 1.92 bits per heavy atom. The van der Waals surface area contributed by atoms with Gasteiger partial charge in [-0.25, -0.2) is 9.97 Å². The largest absolute Gasteiger partial charge is 0.351 e. The first kappa shape index (κ1) is 17.9. The molecule has 0 aliphatic rings. The van der Waals surface area contributed by atoms with Crippen molar-refractivity contribution in [3.63, 3.8) is 0 Å². The number of nitrogens with one attached hydrogen (secondary N) is 1. The summed E-state index contributed by atoms with van der Waals surface area (Å²) in [5.74, 6) is 0.452. The molecular formula is C19H26N4O. The normalized spacial score (nSPS) is 10.4. The molecule has 5 nitrogen and oxygen atoms in total. The van der Waals surface area contributed by atoms with Crippen molar-refractivity contribution in [2.24, 2.45) is 0 Å². The minimum Gasteiger partial charge on any atom is -0.351 e. The lowest BCUT2D eigenvalue weighted by Crippen LogP contribution is -2.28. The second-order valence-corrected chi connectivity index (χ2v) is 5.70. The van der Waals surface area contributed by atoms with Crippen molar-refractivity contribution in [3.05, 3.63) is 53.9 Å². The Bertz CT molecular complexity index is 630. The molecular weight excluding hydrogens is 300 g/mol. The maximum absolute atomic E-state index is 12.2. The van der Waals surface area contributed by atoms with Crippen LogP contribution < -0.4 is 10.2 Å². The second-order valence-electron chi connectivity index (χ2n) is 5.70. The van der Waals surface area contributed by atoms with Gasteiger partial charge in [0, 0.05) is 25.8 Å². The fourth-order valence-electron chi connectivity index (χ4n) is 2.42. The van der Waals surface area contributed by atoms with E-state index in [-0.39, 0.29) is 5.91 Å². The Morgan fingerprint density at radius 3 is 2.62 bits per heavy atom. The number of nitrogens with zero attached hydrogens (tertiary/aromatic N) is 3. The van der Waals surface area contributed by atoms with Crippen LogP contribution in [0.15, 0.2) is 42.6 Å². The highest BCUT2D eigenvalue weighted by Crippen LogP contribution is 2.12. The van der Waals surface area contributed by atoms with Crippen LogP contribution >= 0.6 is 0 Å². The first-order valence-electron chi connectivity index (χ1n) is 8.64. The van der Waals surface area contributed by atoms with E-state index in [1.165, 1.54) is 5.56 Å². The molecule has 1 heterocycles. The van der Waals surface area contributed by atoms with Crippen LogP contribution in [0.4, 0.5) is 5.95 Å². The lowest BCUT2D eigenvalue weighted by Gasteiger charge is -2.21. The fourth-order valence-corrected chi connectivity index (χ4v) is 2.42. The number of amides is 1. The molecule has 1 N–H and O–H groups in total. The van der Waals surface area contributed by atoms with E-state index in [1.807, 2.05) is 18.2 Å². The molecule has 0 saturated heterocycles. The highest BCUT2D eigenvalue weighted by molar-refractivity contribution is 5.92. The Balaban J connectivity index is 2.03. The molecule has 0 aliphatic carbocycles. The molecule has 2 rings (SSSR count). The molecule has 2 aromatic rings. The third-order valence-corrected chi connectivity index (χ3v) is 3.82. The monoisotopic (exact) mass is 326 g/mol. The molecule has 1 amide bonds. The fraction of sp³-hybridized carbons (Fsp3) is 0.421. The molecule has 24 heavy (non-hydrogen) atoms. The van der Waals surface area contributed by atoms with E-state index >= 15 is 0 Å². The maximum atomic E-state index is 12.2. The highest BCUT2D eigenvalue weighted by Gasteiger charge is 2.12. The van der Waals surface area contributed by atoms with Crippen LogP contribution in [0.2, 0.25) is 0 Å². The Morgan fingerprint density at radius 1 is 1.12 bits per heavy atom. The van der Waals surface area contributed by atoms with Crippen molar-refractivity contribution >= 4 is 11.9 Å². The van der Waals surface area contributed by atoms with Gasteiger partial charge in [0.2, 0.25) is 5.95 Å². The van der Waals surface area contributed by atoms with E-state index in [0.29, 0.717) is 18.2 Å². The summed E-state index contributed by atoms with van der Waals surface area (Å²) in [6.07, 6.45) is 4.90. The molecule has 128 valence electrons. The highest BCUT2D eigenvalue weighted by atomic mass is 16.1. The van der Waals surface area contributed by atoms with Gasteiger partial charge in [-0.3, -0.25) is 4.79 Å². The molecule has 1 aromatic heterocycles. The average molecular weight is 326 g/mol. The van der Waals surface area contributed by atoms with E-state index in [2.05, 4.69) is 46.2 Å². The molecule has 0 spiro atoms. The smallest absolute Gasteiger partial charge is 0.270 e. The lowest BCUT2D eigenvalue weighted by atomic mass is 10.2. The van der Waals surface area contributed by atoms with Crippen LogP contribution in [0.25, 0.3) is 0 Å². The van der Waals surface area contributed by atoms with Crippen LogP contribution in [0.3, 0.4) is 0 Å². The number of carbonyl (C=O) groups is 1. The standard InChI is InChI=1S/C19H26N4O/c1-3-5-9-13-20-18(24)17-12-14-21-19(22-17)23(4-2)15-16-10-7-6-8-11-16/h6-8,10-12,14H,3-5,9,13,15H2,1-2H3,(H,20,24). The molecule has 0 bridgehead atoms. The summed E-state index contributed by atoms with van der Waals surface area (Å²) in [4.78, 5) is 23.0. The third-order valence-electron chi connectivity index (χ3n) is 3.82. The number of unbranched alkanes of at least 4 members (excludes halogenated alkanes) is 2. The zero-order chi connectivity index (χ0) is 17.2. The summed E-state index contributed by atoms with van der Waals surface area (Å²) in [6.45, 7) is 6.39. The van der Waals surface area contributed by atoms with Gasteiger partial charge in [0.25, 0.3) is 5.91 Å². The summed E-state index contributed by atoms with van der Waals surface area (Å²) in [5.41, 5.74) is 1.61. The molecule has 0 radical (unpaired) electrons. The quantitative estimate of drug-likeness (QED) is 0.717. The molecule has 0 saturated carbocycles. The zero-order valence-corrected chi connectivity index (χ0v) is 14.5. The van der Waals surface area contributed by atoms with E-state index < -0.39 is 0 Å². The first-order chi connectivity index (χ1) is 11.7. The summed E-state index contributed by atoms with van der Waals surface area (Å²) in [5, 5.41) is 2.92. The van der Waals surface area contributed by atoms with Gasteiger partial charge in [-0.15, -0.1) is 0 Å². The molecule has 5 heteroatoms. The number of hydrogen-bond donors (Lipinski definition) is 1. The summed E-state index contributed by atoms with van der Waals surface area (Å²) >= 11 is 0. The van der Waals surface area contributed by atoms with Gasteiger partial charge in [0.1, 0.15) is 5.69 Å². The second kappa shape index (κ2) is 9.65. The molecule has 0 aliphatic heterocycles. The number of hydrogen-bond acceptors (Lipinski definition) is 4. The van der Waals surface area contributed by atoms with Gasteiger partial charge in [-0.2, -0.15) is 0 Å². The molecule has 0 unspecified atom stereocenters. The van der Waals surface area contributed by atoms with Crippen molar-refractivity contribution in [1.82, 2.24) is 15.3 Å². The number of carbonyl (C=O) groups excluding carboxylic acids is 1. The Kier molecular flexibility index (Phi) is 7.21. The minimum atomic E-state index is -0.134. The van der Waals surface area contributed by atoms with Gasteiger partial charge in [0.05, 0.1) is 0 Å². The van der Waals surface area contributed by atoms with E-state index in [9.17, 15) is 4.79 Å². The Hall–Kier alpha value is -2.43. The van der Waals surface area contributed by atoms with E-state index in [4.69, 9.17) is 0 Å². The first-order valence-corrected chi connectivity index (χ1v) is 8.64. The number of rotatable bonds is 9. The van der Waals surface area contributed by atoms with Crippen molar-refractivity contribution in [3.8, 4) is 0 Å².